The van der Waals surface area contributed by atoms with Crippen molar-refractivity contribution in [2.24, 2.45) is 0 Å². The van der Waals surface area contributed by atoms with Crippen molar-refractivity contribution in [2.75, 3.05) is 12.0 Å². The van der Waals surface area contributed by atoms with E-state index >= 15 is 0 Å². The zero-order valence-electron chi connectivity index (χ0n) is 20.4. The molecule has 37 heavy (non-hydrogen) atoms. The number of ether oxygens (including phenoxy) is 1. The fourth-order valence-electron chi connectivity index (χ4n) is 4.97. The Morgan fingerprint density at radius 1 is 1.11 bits per heavy atom. The number of nitrogens with zero attached hydrogens (tertiary/aromatic N) is 4. The van der Waals surface area contributed by atoms with Gasteiger partial charge in [-0.25, -0.2) is 4.39 Å². The molecule has 3 heterocycles. The second kappa shape index (κ2) is 9.62. The van der Waals surface area contributed by atoms with E-state index in [1.807, 2.05) is 41.5 Å². The van der Waals surface area contributed by atoms with Crippen LogP contribution in [0.3, 0.4) is 0 Å². The van der Waals surface area contributed by atoms with Crippen molar-refractivity contribution < 1.29 is 14.1 Å². The van der Waals surface area contributed by atoms with Crippen LogP contribution >= 0.6 is 12.2 Å². The van der Waals surface area contributed by atoms with Gasteiger partial charge in [0.15, 0.2) is 5.11 Å². The van der Waals surface area contributed by atoms with Crippen LogP contribution in [-0.4, -0.2) is 26.7 Å². The summed E-state index contributed by atoms with van der Waals surface area (Å²) in [6, 6.07) is 18.0. The molecule has 0 saturated carbocycles. The maximum absolute atomic E-state index is 13.8. The van der Waals surface area contributed by atoms with Gasteiger partial charge in [-0.15, -0.1) is 0 Å². The molecule has 1 N–H and O–H groups in total. The molecule has 8 nitrogen and oxygen atoms in total. The van der Waals surface area contributed by atoms with Gasteiger partial charge in [0.1, 0.15) is 11.6 Å². The number of benzene rings is 2. The summed E-state index contributed by atoms with van der Waals surface area (Å²) in [7, 11) is 1.49. The molecule has 0 spiro atoms. The number of halogens is 1. The number of nitro benzene ring substituents is 1. The first-order chi connectivity index (χ1) is 17.8. The van der Waals surface area contributed by atoms with Gasteiger partial charge in [-0.05, 0) is 80.2 Å². The number of anilines is 1. The number of thiocarbonyl (C=S) groups is 1. The Kier molecular flexibility index (Phi) is 6.34. The van der Waals surface area contributed by atoms with Gasteiger partial charge in [0.2, 0.25) is 0 Å². The number of non-ortho nitro benzene ring substituents is 1. The Labute approximate surface area is 218 Å². The highest BCUT2D eigenvalue weighted by Crippen LogP contribution is 2.44. The lowest BCUT2D eigenvalue weighted by Crippen LogP contribution is -2.29. The molecule has 1 aliphatic heterocycles. The number of nitrogens with one attached hydrogen (secondary N) is 1. The number of aryl methyl sites for hydroxylation is 1. The molecule has 0 bridgehead atoms. The molecule has 10 heteroatoms. The number of aromatic nitrogens is 2. The van der Waals surface area contributed by atoms with Gasteiger partial charge in [-0.3, -0.25) is 15.1 Å². The largest absolute Gasteiger partial charge is 0.494 e. The van der Waals surface area contributed by atoms with Gasteiger partial charge < -0.3 is 19.5 Å². The topological polar surface area (TPSA) is 85.5 Å². The van der Waals surface area contributed by atoms with Gasteiger partial charge >= 0.3 is 0 Å². The van der Waals surface area contributed by atoms with E-state index in [2.05, 4.69) is 16.4 Å². The smallest absolute Gasteiger partial charge is 0.273 e. The maximum Gasteiger partial charge on any atom is 0.273 e. The van der Waals surface area contributed by atoms with E-state index in [9.17, 15) is 14.5 Å². The minimum absolute atomic E-state index is 0.0497. The third-order valence-corrected chi connectivity index (χ3v) is 6.92. The van der Waals surface area contributed by atoms with Crippen LogP contribution in [0.5, 0.6) is 5.75 Å². The number of rotatable bonds is 6. The van der Waals surface area contributed by atoms with Gasteiger partial charge in [-0.2, -0.15) is 0 Å². The van der Waals surface area contributed by atoms with Crippen LogP contribution in [0.2, 0.25) is 0 Å². The second-order valence-electron chi connectivity index (χ2n) is 8.75. The van der Waals surface area contributed by atoms with Crippen molar-refractivity contribution in [3.05, 3.63) is 112 Å². The highest BCUT2D eigenvalue weighted by atomic mass is 32.1. The third kappa shape index (κ3) is 4.29. The van der Waals surface area contributed by atoms with Crippen LogP contribution in [0.1, 0.15) is 34.7 Å². The first-order valence-electron chi connectivity index (χ1n) is 11.6. The first kappa shape index (κ1) is 24.4. The number of hydrogen-bond acceptors (Lipinski definition) is 5. The van der Waals surface area contributed by atoms with Gasteiger partial charge in [-0.1, -0.05) is 6.07 Å². The molecule has 4 aromatic rings. The van der Waals surface area contributed by atoms with E-state index in [0.717, 1.165) is 28.3 Å². The Morgan fingerprint density at radius 2 is 1.86 bits per heavy atom. The van der Waals surface area contributed by atoms with Crippen LogP contribution in [0.15, 0.2) is 72.9 Å². The molecule has 0 radical (unpaired) electrons. The van der Waals surface area contributed by atoms with Crippen molar-refractivity contribution >= 4 is 28.7 Å². The number of methoxy groups -OCH3 is 1. The molecule has 0 amide bonds. The quantitative estimate of drug-likeness (QED) is 0.199. The Morgan fingerprint density at radius 3 is 2.51 bits per heavy atom. The number of pyridine rings is 1. The monoisotopic (exact) mass is 517 g/mol. The van der Waals surface area contributed by atoms with Crippen LogP contribution in [0.4, 0.5) is 15.8 Å². The van der Waals surface area contributed by atoms with Crippen molar-refractivity contribution in [3.8, 4) is 11.4 Å². The molecular weight excluding hydrogens is 493 g/mol. The fraction of sp³-hybridized carbons (Fsp3) is 0.185. The predicted octanol–water partition coefficient (Wildman–Crippen LogP) is 5.72. The van der Waals surface area contributed by atoms with Crippen molar-refractivity contribution in [2.45, 2.75) is 25.9 Å². The molecule has 2 atom stereocenters. The molecule has 5 rings (SSSR count). The standard InChI is InChI=1S/C27H24FN5O3S/c1-16-14-21(17(2)31(16)23-12-11-20(33(34)35)15-24(23)36-3)26-25(22-6-4-5-13-29-22)30-27(37)32(26)19-9-7-18(28)8-10-19/h4-15,25-26H,1-3H3,(H,30,37)/t25-,26-/m1/s1. The molecule has 188 valence electrons. The highest BCUT2D eigenvalue weighted by Gasteiger charge is 2.42. The molecule has 2 aromatic heterocycles. The van der Waals surface area contributed by atoms with Crippen molar-refractivity contribution in [1.82, 2.24) is 14.9 Å². The Balaban J connectivity index is 1.68. The molecule has 0 aliphatic carbocycles. The maximum atomic E-state index is 13.8. The van der Waals surface area contributed by atoms with E-state index < -0.39 is 4.92 Å². The first-order valence-corrected chi connectivity index (χ1v) is 12.0. The minimum Gasteiger partial charge on any atom is -0.494 e. The average molecular weight is 518 g/mol. The zero-order chi connectivity index (χ0) is 26.3. The molecule has 1 saturated heterocycles. The summed E-state index contributed by atoms with van der Waals surface area (Å²) < 4.78 is 21.3. The summed E-state index contributed by atoms with van der Waals surface area (Å²) in [5, 5.41) is 15.2. The lowest BCUT2D eigenvalue weighted by Gasteiger charge is -2.28. The summed E-state index contributed by atoms with van der Waals surface area (Å²) in [6.07, 6.45) is 1.74. The fourth-order valence-corrected chi connectivity index (χ4v) is 5.32. The molecule has 1 fully saturated rings. The average Bonchev–Trinajstić information content (AvgIpc) is 3.39. The SMILES string of the molecule is COc1cc([N+](=O)[O-])ccc1-n1c(C)cc([C@@H]2[C@@H](c3ccccn3)NC(=S)N2c2ccc(F)cc2)c1C. The predicted molar refractivity (Wildman–Crippen MR) is 143 cm³/mol. The van der Waals surface area contributed by atoms with E-state index in [-0.39, 0.29) is 23.6 Å². The normalized spacial score (nSPS) is 17.1. The van der Waals surface area contributed by atoms with E-state index in [1.54, 1.807) is 24.4 Å². The van der Waals surface area contributed by atoms with Gasteiger partial charge in [0.25, 0.3) is 5.69 Å². The van der Waals surface area contributed by atoms with Crippen LogP contribution in [0, 0.1) is 29.8 Å². The number of hydrogen-bond donors (Lipinski definition) is 1. The molecular formula is C27H24FN5O3S. The Bertz CT molecular complexity index is 1490. The molecule has 0 unspecified atom stereocenters. The summed E-state index contributed by atoms with van der Waals surface area (Å²) in [5.41, 5.74) is 5.00. The van der Waals surface area contributed by atoms with Crippen LogP contribution in [0.25, 0.3) is 5.69 Å². The lowest BCUT2D eigenvalue weighted by atomic mass is 9.96. The summed E-state index contributed by atoms with van der Waals surface area (Å²) >= 11 is 5.77. The van der Waals surface area contributed by atoms with E-state index in [0.29, 0.717) is 16.5 Å². The zero-order valence-corrected chi connectivity index (χ0v) is 21.2. The van der Waals surface area contributed by atoms with Gasteiger partial charge in [0, 0.05) is 29.3 Å². The second-order valence-corrected chi connectivity index (χ2v) is 9.13. The summed E-state index contributed by atoms with van der Waals surface area (Å²) in [6.45, 7) is 3.96. The van der Waals surface area contributed by atoms with Crippen LogP contribution < -0.4 is 15.0 Å². The van der Waals surface area contributed by atoms with Crippen LogP contribution in [-0.2, 0) is 0 Å². The van der Waals surface area contributed by atoms with E-state index in [1.165, 1.54) is 31.4 Å². The van der Waals surface area contributed by atoms with Crippen molar-refractivity contribution in [1.29, 1.82) is 0 Å². The number of nitro groups is 1. The van der Waals surface area contributed by atoms with Gasteiger partial charge in [0.05, 0.1) is 41.6 Å². The highest BCUT2D eigenvalue weighted by molar-refractivity contribution is 7.80. The third-order valence-electron chi connectivity index (χ3n) is 6.61. The van der Waals surface area contributed by atoms with Crippen molar-refractivity contribution in [3.63, 3.8) is 0 Å². The summed E-state index contributed by atoms with van der Waals surface area (Å²) in [4.78, 5) is 17.4. The Hall–Kier alpha value is -4.31. The summed E-state index contributed by atoms with van der Waals surface area (Å²) in [5.74, 6) is 0.0578. The minimum atomic E-state index is -0.448. The molecule has 1 aliphatic rings. The van der Waals surface area contributed by atoms with E-state index in [4.69, 9.17) is 17.0 Å². The molecule has 2 aromatic carbocycles. The lowest BCUT2D eigenvalue weighted by molar-refractivity contribution is -0.384.